The maximum Gasteiger partial charge on any atom is 0.256 e. The first-order valence-corrected chi connectivity index (χ1v) is 6.57. The van der Waals surface area contributed by atoms with Crippen molar-refractivity contribution in [2.45, 2.75) is 19.9 Å². The van der Waals surface area contributed by atoms with Crippen LogP contribution >= 0.6 is 0 Å². The maximum atomic E-state index is 13.7. The number of nitrogens with two attached hydrogens (primary N) is 1. The minimum atomic E-state index is -0.545. The molecule has 2 N–H and O–H groups in total. The monoisotopic (exact) mass is 265 g/mol. The standard InChI is InChI=1S/C14H20FN3O/c1-10(2)17-5-7-18(8-6-17)14(19)12-4-3-11(16)9-13(12)15/h3-4,9-10H,5-8,16H2,1-2H3. The van der Waals surface area contributed by atoms with Gasteiger partial charge in [-0.15, -0.1) is 0 Å². The fraction of sp³-hybridized carbons (Fsp3) is 0.500. The molecule has 1 amide bonds. The minimum absolute atomic E-state index is 0.104. The highest BCUT2D eigenvalue weighted by Gasteiger charge is 2.24. The van der Waals surface area contributed by atoms with Gasteiger partial charge in [0.25, 0.3) is 5.91 Å². The topological polar surface area (TPSA) is 49.6 Å². The van der Waals surface area contributed by atoms with E-state index < -0.39 is 5.82 Å². The number of piperazine rings is 1. The molecule has 5 heteroatoms. The van der Waals surface area contributed by atoms with Gasteiger partial charge in [-0.25, -0.2) is 4.39 Å². The lowest BCUT2D eigenvalue weighted by Crippen LogP contribution is -2.50. The number of nitrogen functional groups attached to an aromatic ring is 1. The van der Waals surface area contributed by atoms with E-state index in [0.717, 1.165) is 13.1 Å². The summed E-state index contributed by atoms with van der Waals surface area (Å²) in [5.74, 6) is -0.794. The van der Waals surface area contributed by atoms with Gasteiger partial charge < -0.3 is 10.6 Å². The highest BCUT2D eigenvalue weighted by molar-refractivity contribution is 5.94. The van der Waals surface area contributed by atoms with Crippen molar-refractivity contribution in [2.75, 3.05) is 31.9 Å². The molecule has 0 radical (unpaired) electrons. The molecule has 1 fully saturated rings. The van der Waals surface area contributed by atoms with Crippen LogP contribution in [0.1, 0.15) is 24.2 Å². The number of hydrogen-bond donors (Lipinski definition) is 1. The van der Waals surface area contributed by atoms with E-state index in [0.29, 0.717) is 24.8 Å². The molecule has 4 nitrogen and oxygen atoms in total. The van der Waals surface area contributed by atoms with Crippen LogP contribution in [0.3, 0.4) is 0 Å². The van der Waals surface area contributed by atoms with E-state index in [1.165, 1.54) is 12.1 Å². The van der Waals surface area contributed by atoms with Gasteiger partial charge in [0.2, 0.25) is 0 Å². The van der Waals surface area contributed by atoms with E-state index in [9.17, 15) is 9.18 Å². The van der Waals surface area contributed by atoms with Crippen LogP contribution < -0.4 is 5.73 Å². The van der Waals surface area contributed by atoms with E-state index in [-0.39, 0.29) is 11.5 Å². The van der Waals surface area contributed by atoms with E-state index in [1.807, 2.05) is 0 Å². The van der Waals surface area contributed by atoms with Crippen LogP contribution in [0.25, 0.3) is 0 Å². The number of anilines is 1. The van der Waals surface area contributed by atoms with Crippen molar-refractivity contribution in [3.63, 3.8) is 0 Å². The normalized spacial score (nSPS) is 16.9. The second-order valence-electron chi connectivity index (χ2n) is 5.16. The van der Waals surface area contributed by atoms with E-state index in [4.69, 9.17) is 5.73 Å². The Bertz CT molecular complexity index is 468. The van der Waals surface area contributed by atoms with Gasteiger partial charge in [-0.1, -0.05) is 0 Å². The van der Waals surface area contributed by atoms with Crippen molar-refractivity contribution < 1.29 is 9.18 Å². The van der Waals surface area contributed by atoms with Crippen molar-refractivity contribution >= 4 is 11.6 Å². The van der Waals surface area contributed by atoms with Crippen LogP contribution in [-0.2, 0) is 0 Å². The van der Waals surface area contributed by atoms with Gasteiger partial charge in [0.1, 0.15) is 5.82 Å². The quantitative estimate of drug-likeness (QED) is 0.826. The number of carbonyl (C=O) groups is 1. The molecule has 1 aliphatic rings. The Morgan fingerprint density at radius 3 is 2.42 bits per heavy atom. The Morgan fingerprint density at radius 2 is 1.89 bits per heavy atom. The lowest BCUT2D eigenvalue weighted by atomic mass is 10.1. The second kappa shape index (κ2) is 5.57. The first kappa shape index (κ1) is 13.8. The zero-order chi connectivity index (χ0) is 14.0. The van der Waals surface area contributed by atoms with E-state index >= 15 is 0 Å². The summed E-state index contributed by atoms with van der Waals surface area (Å²) in [4.78, 5) is 16.2. The Morgan fingerprint density at radius 1 is 1.26 bits per heavy atom. The number of amides is 1. The highest BCUT2D eigenvalue weighted by atomic mass is 19.1. The fourth-order valence-corrected chi connectivity index (χ4v) is 2.32. The second-order valence-corrected chi connectivity index (χ2v) is 5.16. The Hall–Kier alpha value is -1.62. The van der Waals surface area contributed by atoms with Crippen molar-refractivity contribution in [1.82, 2.24) is 9.80 Å². The molecule has 1 aliphatic heterocycles. The summed E-state index contributed by atoms with van der Waals surface area (Å²) in [5.41, 5.74) is 5.92. The average Bonchev–Trinajstić information content (AvgIpc) is 2.38. The lowest BCUT2D eigenvalue weighted by Gasteiger charge is -2.37. The molecule has 1 saturated heterocycles. The molecule has 0 atom stereocenters. The van der Waals surface area contributed by atoms with Gasteiger partial charge in [-0.2, -0.15) is 0 Å². The molecular formula is C14H20FN3O. The number of hydrogen-bond acceptors (Lipinski definition) is 3. The molecule has 0 spiro atoms. The van der Waals surface area contributed by atoms with E-state index in [1.54, 1.807) is 11.0 Å². The van der Waals surface area contributed by atoms with Gasteiger partial charge in [0.15, 0.2) is 0 Å². The molecule has 2 rings (SSSR count). The molecule has 19 heavy (non-hydrogen) atoms. The van der Waals surface area contributed by atoms with Gasteiger partial charge >= 0.3 is 0 Å². The Labute approximate surface area is 113 Å². The van der Waals surface area contributed by atoms with Crippen molar-refractivity contribution in [3.8, 4) is 0 Å². The predicted octanol–water partition coefficient (Wildman–Crippen LogP) is 1.57. The summed E-state index contributed by atoms with van der Waals surface area (Å²) >= 11 is 0. The third-order valence-corrected chi connectivity index (χ3v) is 3.56. The first-order valence-electron chi connectivity index (χ1n) is 6.57. The van der Waals surface area contributed by atoms with Gasteiger partial charge in [-0.3, -0.25) is 9.69 Å². The Kier molecular flexibility index (Phi) is 4.04. The summed E-state index contributed by atoms with van der Waals surface area (Å²) in [5, 5.41) is 0. The number of benzene rings is 1. The molecule has 1 aromatic rings. The van der Waals surface area contributed by atoms with Crippen LogP contribution in [0.15, 0.2) is 18.2 Å². The molecule has 0 aliphatic carbocycles. The summed E-state index contributed by atoms with van der Waals surface area (Å²) < 4.78 is 13.7. The average molecular weight is 265 g/mol. The van der Waals surface area contributed by atoms with Gasteiger partial charge in [0, 0.05) is 37.9 Å². The van der Waals surface area contributed by atoms with Crippen LogP contribution in [0.2, 0.25) is 0 Å². The largest absolute Gasteiger partial charge is 0.399 e. The fourth-order valence-electron chi connectivity index (χ4n) is 2.32. The maximum absolute atomic E-state index is 13.7. The Balaban J connectivity index is 2.05. The molecule has 0 saturated carbocycles. The van der Waals surface area contributed by atoms with Gasteiger partial charge in [0.05, 0.1) is 5.56 Å². The molecule has 0 unspecified atom stereocenters. The summed E-state index contributed by atoms with van der Waals surface area (Å²) in [7, 11) is 0. The van der Waals surface area contributed by atoms with Crippen molar-refractivity contribution in [1.29, 1.82) is 0 Å². The summed E-state index contributed by atoms with van der Waals surface area (Å²) in [6.07, 6.45) is 0. The zero-order valence-electron chi connectivity index (χ0n) is 11.4. The third kappa shape index (κ3) is 3.04. The molecular weight excluding hydrogens is 245 g/mol. The molecule has 1 heterocycles. The molecule has 0 aromatic heterocycles. The van der Waals surface area contributed by atoms with Gasteiger partial charge in [-0.05, 0) is 32.0 Å². The van der Waals surface area contributed by atoms with Crippen LogP contribution in [0, 0.1) is 5.82 Å². The summed E-state index contributed by atoms with van der Waals surface area (Å²) in [6.45, 7) is 7.22. The zero-order valence-corrected chi connectivity index (χ0v) is 11.4. The first-order chi connectivity index (χ1) is 8.99. The number of halogens is 1. The third-order valence-electron chi connectivity index (χ3n) is 3.56. The molecule has 104 valence electrons. The highest BCUT2D eigenvalue weighted by Crippen LogP contribution is 2.16. The summed E-state index contributed by atoms with van der Waals surface area (Å²) in [6, 6.07) is 4.69. The number of nitrogens with zero attached hydrogens (tertiary/aromatic N) is 2. The van der Waals surface area contributed by atoms with Crippen molar-refractivity contribution in [3.05, 3.63) is 29.6 Å². The number of rotatable bonds is 2. The minimum Gasteiger partial charge on any atom is -0.399 e. The molecule has 1 aromatic carbocycles. The predicted molar refractivity (Wildman–Crippen MR) is 73.4 cm³/mol. The molecule has 0 bridgehead atoms. The SMILES string of the molecule is CC(C)N1CCN(C(=O)c2ccc(N)cc2F)CC1. The smallest absolute Gasteiger partial charge is 0.256 e. The lowest BCUT2D eigenvalue weighted by molar-refractivity contribution is 0.0591. The van der Waals surface area contributed by atoms with E-state index in [2.05, 4.69) is 18.7 Å². The number of carbonyl (C=O) groups excluding carboxylic acids is 1. The van der Waals surface area contributed by atoms with Crippen LogP contribution in [-0.4, -0.2) is 47.9 Å². The van der Waals surface area contributed by atoms with Crippen LogP contribution in [0.4, 0.5) is 10.1 Å². The van der Waals surface area contributed by atoms with Crippen molar-refractivity contribution in [2.24, 2.45) is 0 Å². The van der Waals surface area contributed by atoms with Crippen LogP contribution in [0.5, 0.6) is 0 Å².